The lowest BCUT2D eigenvalue weighted by atomic mass is 10.2. The van der Waals surface area contributed by atoms with Crippen LogP contribution >= 0.6 is 20.6 Å². The average molecular weight is 212 g/mol. The predicted octanol–water partition coefficient (Wildman–Crippen LogP) is 2.83. The van der Waals surface area contributed by atoms with Crippen molar-refractivity contribution < 1.29 is 13.8 Å². The summed E-state index contributed by atoms with van der Waals surface area (Å²) in [7, 11) is -2.17. The molecule has 0 aliphatic rings. The first-order valence-electron chi connectivity index (χ1n) is 4.25. The fraction of sp³-hybridized carbons (Fsp3) is 1.00. The summed E-state index contributed by atoms with van der Waals surface area (Å²) in [6.07, 6.45) is 6.11. The van der Waals surface area contributed by atoms with Gasteiger partial charge in [0.15, 0.2) is 0 Å². The Morgan fingerprint density at radius 2 is 1.83 bits per heavy atom. The average Bonchev–Trinajstić information content (AvgIpc) is 2.02. The SMILES string of the molecule is CCCCCCCSOP(O)O. The van der Waals surface area contributed by atoms with E-state index in [1.807, 2.05) is 0 Å². The van der Waals surface area contributed by atoms with Crippen LogP contribution in [0.5, 0.6) is 0 Å². The summed E-state index contributed by atoms with van der Waals surface area (Å²) in [4.78, 5) is 16.7. The first-order valence-corrected chi connectivity index (χ1v) is 6.32. The minimum absolute atomic E-state index is 0.851. The Morgan fingerprint density at radius 3 is 2.42 bits per heavy atom. The van der Waals surface area contributed by atoms with Gasteiger partial charge in [0.1, 0.15) is 0 Å². The third kappa shape index (κ3) is 10.7. The molecule has 74 valence electrons. The monoisotopic (exact) mass is 212 g/mol. The van der Waals surface area contributed by atoms with E-state index in [1.54, 1.807) is 0 Å². The van der Waals surface area contributed by atoms with Crippen molar-refractivity contribution in [2.24, 2.45) is 0 Å². The molecule has 0 saturated carbocycles. The molecule has 2 N–H and O–H groups in total. The fourth-order valence-electron chi connectivity index (χ4n) is 0.849. The van der Waals surface area contributed by atoms with Crippen molar-refractivity contribution in [3.8, 4) is 0 Å². The Hall–Kier alpha value is 0.660. The summed E-state index contributed by atoms with van der Waals surface area (Å²) < 4.78 is 4.54. The molecular formula is C7H17O3PS. The molecule has 0 radical (unpaired) electrons. The van der Waals surface area contributed by atoms with Crippen LogP contribution in [0.4, 0.5) is 0 Å². The highest BCUT2D eigenvalue weighted by atomic mass is 32.2. The van der Waals surface area contributed by atoms with Gasteiger partial charge in [0.05, 0.1) is 0 Å². The fourth-order valence-corrected chi connectivity index (χ4v) is 1.85. The van der Waals surface area contributed by atoms with Crippen molar-refractivity contribution in [2.75, 3.05) is 5.75 Å². The topological polar surface area (TPSA) is 49.7 Å². The van der Waals surface area contributed by atoms with Crippen LogP contribution in [0.1, 0.15) is 39.0 Å². The summed E-state index contributed by atoms with van der Waals surface area (Å²) in [5.41, 5.74) is 0. The van der Waals surface area contributed by atoms with Gasteiger partial charge in [0.2, 0.25) is 0 Å². The van der Waals surface area contributed by atoms with Gasteiger partial charge in [-0.15, -0.1) is 0 Å². The summed E-state index contributed by atoms with van der Waals surface area (Å²) in [6, 6.07) is 0. The van der Waals surface area contributed by atoms with Crippen molar-refractivity contribution in [3.63, 3.8) is 0 Å². The van der Waals surface area contributed by atoms with Gasteiger partial charge >= 0.3 is 8.60 Å². The van der Waals surface area contributed by atoms with E-state index in [9.17, 15) is 0 Å². The Bertz CT molecular complexity index is 92.7. The van der Waals surface area contributed by atoms with Crippen molar-refractivity contribution in [2.45, 2.75) is 39.0 Å². The molecule has 0 aromatic heterocycles. The lowest BCUT2D eigenvalue weighted by Gasteiger charge is -2.01. The predicted molar refractivity (Wildman–Crippen MR) is 53.7 cm³/mol. The van der Waals surface area contributed by atoms with Crippen LogP contribution in [-0.4, -0.2) is 15.5 Å². The molecule has 0 bridgehead atoms. The third-order valence-electron chi connectivity index (χ3n) is 1.45. The molecule has 0 aliphatic heterocycles. The van der Waals surface area contributed by atoms with E-state index in [0.717, 1.165) is 24.2 Å². The van der Waals surface area contributed by atoms with Crippen LogP contribution in [0.2, 0.25) is 0 Å². The molecule has 5 heteroatoms. The molecule has 12 heavy (non-hydrogen) atoms. The van der Waals surface area contributed by atoms with Crippen LogP contribution in [0, 0.1) is 0 Å². The maximum Gasteiger partial charge on any atom is 0.339 e. The standard InChI is InChI=1S/C7H17O3PS/c1-2-3-4-5-6-7-12-10-11(8)9/h8-9H,2-7H2,1H3. The summed E-state index contributed by atoms with van der Waals surface area (Å²) in [5, 5.41) is 0. The molecule has 0 rings (SSSR count). The first kappa shape index (κ1) is 12.7. The molecule has 0 aromatic carbocycles. The molecule has 0 fully saturated rings. The van der Waals surface area contributed by atoms with Crippen molar-refractivity contribution in [3.05, 3.63) is 0 Å². The maximum absolute atomic E-state index is 8.37. The van der Waals surface area contributed by atoms with E-state index in [-0.39, 0.29) is 0 Å². The number of hydrogen-bond acceptors (Lipinski definition) is 4. The molecule has 0 aliphatic carbocycles. The van der Waals surface area contributed by atoms with Gasteiger partial charge in [-0.25, -0.2) is 3.97 Å². The van der Waals surface area contributed by atoms with Gasteiger partial charge in [0.25, 0.3) is 0 Å². The molecule has 0 unspecified atom stereocenters. The quantitative estimate of drug-likeness (QED) is 0.369. The zero-order valence-electron chi connectivity index (χ0n) is 7.40. The maximum atomic E-state index is 8.37. The Kier molecular flexibility index (Phi) is 10.3. The highest BCUT2D eigenvalue weighted by molar-refractivity contribution is 7.97. The van der Waals surface area contributed by atoms with Crippen LogP contribution in [0.3, 0.4) is 0 Å². The van der Waals surface area contributed by atoms with E-state index in [4.69, 9.17) is 9.79 Å². The van der Waals surface area contributed by atoms with Gasteiger partial charge in [0, 0.05) is 17.8 Å². The van der Waals surface area contributed by atoms with E-state index in [2.05, 4.69) is 10.9 Å². The minimum Gasteiger partial charge on any atom is -0.328 e. The number of hydrogen-bond donors (Lipinski definition) is 2. The summed E-state index contributed by atoms with van der Waals surface area (Å²) >= 11 is 1.15. The molecule has 3 nitrogen and oxygen atoms in total. The third-order valence-corrected chi connectivity index (χ3v) is 2.86. The van der Waals surface area contributed by atoms with Gasteiger partial charge in [-0.2, -0.15) is 0 Å². The Labute approximate surface area is 79.7 Å². The lowest BCUT2D eigenvalue weighted by molar-refractivity contribution is 0.397. The molecule has 0 amide bonds. The van der Waals surface area contributed by atoms with Crippen LogP contribution in [0.15, 0.2) is 0 Å². The molecular weight excluding hydrogens is 195 g/mol. The highest BCUT2D eigenvalue weighted by Crippen LogP contribution is 2.31. The van der Waals surface area contributed by atoms with Gasteiger partial charge in [-0.05, 0) is 6.42 Å². The van der Waals surface area contributed by atoms with Gasteiger partial charge in [-0.1, -0.05) is 32.6 Å². The smallest absolute Gasteiger partial charge is 0.328 e. The minimum atomic E-state index is -2.17. The Balaban J connectivity index is 2.82. The highest BCUT2D eigenvalue weighted by Gasteiger charge is 1.98. The van der Waals surface area contributed by atoms with Crippen molar-refractivity contribution >= 4 is 20.6 Å². The van der Waals surface area contributed by atoms with Crippen molar-refractivity contribution in [1.82, 2.24) is 0 Å². The number of rotatable bonds is 8. The van der Waals surface area contributed by atoms with Crippen LogP contribution in [-0.2, 0) is 3.97 Å². The normalized spacial score (nSPS) is 11.0. The van der Waals surface area contributed by atoms with Crippen molar-refractivity contribution in [1.29, 1.82) is 0 Å². The van der Waals surface area contributed by atoms with E-state index in [1.165, 1.54) is 25.7 Å². The largest absolute Gasteiger partial charge is 0.339 e. The summed E-state index contributed by atoms with van der Waals surface area (Å²) in [5.74, 6) is 0.851. The summed E-state index contributed by atoms with van der Waals surface area (Å²) in [6.45, 7) is 2.18. The van der Waals surface area contributed by atoms with Crippen LogP contribution in [0.25, 0.3) is 0 Å². The molecule has 0 atom stereocenters. The first-order chi connectivity index (χ1) is 5.77. The zero-order chi connectivity index (χ0) is 9.23. The molecule has 0 aromatic rings. The second kappa shape index (κ2) is 9.75. The molecule has 0 saturated heterocycles. The van der Waals surface area contributed by atoms with E-state index in [0.29, 0.717) is 0 Å². The zero-order valence-corrected chi connectivity index (χ0v) is 9.11. The van der Waals surface area contributed by atoms with E-state index < -0.39 is 8.60 Å². The molecule has 0 spiro atoms. The van der Waals surface area contributed by atoms with Gasteiger partial charge in [-0.3, -0.25) is 0 Å². The second-order valence-electron chi connectivity index (χ2n) is 2.56. The Morgan fingerprint density at radius 1 is 1.17 bits per heavy atom. The lowest BCUT2D eigenvalue weighted by Crippen LogP contribution is -1.82. The number of unbranched alkanes of at least 4 members (excludes halogenated alkanes) is 4. The molecule has 0 heterocycles. The van der Waals surface area contributed by atoms with Gasteiger partial charge < -0.3 is 9.79 Å². The second-order valence-corrected chi connectivity index (χ2v) is 4.31. The van der Waals surface area contributed by atoms with Crippen LogP contribution < -0.4 is 0 Å². The van der Waals surface area contributed by atoms with E-state index >= 15 is 0 Å².